The number of hydrogen-bond donors (Lipinski definition) is 1. The number of aromatic nitrogens is 1. The van der Waals surface area contributed by atoms with Crippen molar-refractivity contribution in [1.29, 1.82) is 0 Å². The monoisotopic (exact) mass is 393 g/mol. The Morgan fingerprint density at radius 3 is 2.54 bits per heavy atom. The fraction of sp³-hybridized carbons (Fsp3) is 0.227. The first kappa shape index (κ1) is 19.8. The van der Waals surface area contributed by atoms with Crippen molar-refractivity contribution in [2.24, 2.45) is 4.99 Å². The molecule has 2 amide bonds. The van der Waals surface area contributed by atoms with Crippen molar-refractivity contribution in [1.82, 2.24) is 9.88 Å². The molecule has 0 spiro atoms. The average Bonchev–Trinajstić information content (AvgIpc) is 2.95. The normalized spacial score (nSPS) is 11.5. The molecule has 1 heterocycles. The Balaban J connectivity index is 2.05. The highest BCUT2D eigenvalue weighted by Crippen LogP contribution is 2.16. The molecule has 0 aliphatic rings. The van der Waals surface area contributed by atoms with E-state index in [1.807, 2.05) is 61.7 Å². The van der Waals surface area contributed by atoms with Crippen LogP contribution in [0.1, 0.15) is 42.4 Å². The molecule has 0 saturated carbocycles. The van der Waals surface area contributed by atoms with Crippen LogP contribution >= 0.6 is 11.3 Å². The Bertz CT molecular complexity index is 1110. The van der Waals surface area contributed by atoms with E-state index in [4.69, 9.17) is 0 Å². The number of amides is 2. The van der Waals surface area contributed by atoms with Gasteiger partial charge in [0.25, 0.3) is 11.8 Å². The predicted octanol–water partition coefficient (Wildman–Crippen LogP) is 3.62. The quantitative estimate of drug-likeness (QED) is 0.736. The number of carbonyl (C=O) groups excluding carboxylic acids is 2. The predicted molar refractivity (Wildman–Crippen MR) is 112 cm³/mol. The maximum absolute atomic E-state index is 12.7. The molecular formula is C22H23N3O2S. The second kappa shape index (κ2) is 8.35. The molecule has 28 heavy (non-hydrogen) atoms. The van der Waals surface area contributed by atoms with Crippen LogP contribution in [-0.2, 0) is 6.54 Å². The molecule has 144 valence electrons. The zero-order valence-corrected chi connectivity index (χ0v) is 17.3. The molecule has 0 aliphatic heterocycles. The summed E-state index contributed by atoms with van der Waals surface area (Å²) in [7, 11) is 1.62. The number of carbonyl (C=O) groups is 2. The van der Waals surface area contributed by atoms with Crippen LogP contribution in [0.15, 0.2) is 53.5 Å². The fourth-order valence-corrected chi connectivity index (χ4v) is 3.96. The van der Waals surface area contributed by atoms with Crippen LogP contribution in [0.25, 0.3) is 0 Å². The summed E-state index contributed by atoms with van der Waals surface area (Å²) in [5, 5.41) is 2.68. The lowest BCUT2D eigenvalue weighted by molar-refractivity contribution is 0.0960. The second-order valence-electron chi connectivity index (χ2n) is 6.64. The summed E-state index contributed by atoms with van der Waals surface area (Å²) >= 11 is 1.48. The van der Waals surface area contributed by atoms with Gasteiger partial charge in [0.15, 0.2) is 4.80 Å². The SMILES string of the molecule is CNC(=O)c1ccccc1Cn1c(C)c(C)sc1=NC(=O)c1cccc(C)c1. The summed E-state index contributed by atoms with van der Waals surface area (Å²) in [5.41, 5.74) is 4.13. The van der Waals surface area contributed by atoms with E-state index >= 15 is 0 Å². The summed E-state index contributed by atoms with van der Waals surface area (Å²) in [5.74, 6) is -0.395. The molecule has 0 radical (unpaired) electrons. The Kier molecular flexibility index (Phi) is 5.90. The number of nitrogens with one attached hydrogen (secondary N) is 1. The average molecular weight is 394 g/mol. The van der Waals surface area contributed by atoms with Crippen LogP contribution in [-0.4, -0.2) is 23.4 Å². The van der Waals surface area contributed by atoms with Gasteiger partial charge in [-0.25, -0.2) is 0 Å². The minimum atomic E-state index is -0.265. The van der Waals surface area contributed by atoms with Crippen molar-refractivity contribution in [2.75, 3.05) is 7.05 Å². The fourth-order valence-electron chi connectivity index (χ4n) is 2.98. The minimum Gasteiger partial charge on any atom is -0.355 e. The number of aryl methyl sites for hydroxylation is 2. The van der Waals surface area contributed by atoms with Gasteiger partial charge in [-0.3, -0.25) is 9.59 Å². The van der Waals surface area contributed by atoms with Gasteiger partial charge >= 0.3 is 0 Å². The van der Waals surface area contributed by atoms with Crippen molar-refractivity contribution in [3.8, 4) is 0 Å². The molecule has 0 unspecified atom stereocenters. The van der Waals surface area contributed by atoms with Gasteiger partial charge in [0.1, 0.15) is 0 Å². The van der Waals surface area contributed by atoms with Crippen molar-refractivity contribution in [3.05, 3.63) is 86.2 Å². The van der Waals surface area contributed by atoms with Gasteiger partial charge in [0, 0.05) is 28.7 Å². The van der Waals surface area contributed by atoms with E-state index in [2.05, 4.69) is 10.3 Å². The van der Waals surface area contributed by atoms with Crippen LogP contribution < -0.4 is 10.1 Å². The molecule has 0 atom stereocenters. The van der Waals surface area contributed by atoms with Crippen molar-refractivity contribution >= 4 is 23.2 Å². The zero-order chi connectivity index (χ0) is 20.3. The van der Waals surface area contributed by atoms with E-state index in [-0.39, 0.29) is 11.8 Å². The van der Waals surface area contributed by atoms with E-state index < -0.39 is 0 Å². The summed E-state index contributed by atoms with van der Waals surface area (Å²) in [4.78, 5) is 31.0. The number of hydrogen-bond acceptors (Lipinski definition) is 3. The molecule has 3 aromatic rings. The standard InChI is InChI=1S/C22H23N3O2S/c1-14-8-7-10-17(12-14)20(26)24-22-25(15(2)16(3)28-22)13-18-9-5-6-11-19(18)21(27)23-4/h5-12H,13H2,1-4H3,(H,23,27). The zero-order valence-electron chi connectivity index (χ0n) is 16.4. The minimum absolute atomic E-state index is 0.130. The Hall–Kier alpha value is -2.99. The third-order valence-corrected chi connectivity index (χ3v) is 5.77. The highest BCUT2D eigenvalue weighted by atomic mass is 32.1. The topological polar surface area (TPSA) is 63.5 Å². The largest absolute Gasteiger partial charge is 0.355 e. The molecule has 0 aliphatic carbocycles. The highest BCUT2D eigenvalue weighted by Gasteiger charge is 2.14. The van der Waals surface area contributed by atoms with Gasteiger partial charge in [-0.05, 0) is 44.5 Å². The van der Waals surface area contributed by atoms with E-state index in [9.17, 15) is 9.59 Å². The van der Waals surface area contributed by atoms with Gasteiger partial charge in [-0.15, -0.1) is 11.3 Å². The summed E-state index contributed by atoms with van der Waals surface area (Å²) in [6.07, 6.45) is 0. The molecule has 3 rings (SSSR count). The summed E-state index contributed by atoms with van der Waals surface area (Å²) in [6.45, 7) is 6.44. The van der Waals surface area contributed by atoms with E-state index in [0.717, 1.165) is 21.7 Å². The molecule has 0 saturated heterocycles. The van der Waals surface area contributed by atoms with E-state index in [1.54, 1.807) is 19.2 Å². The van der Waals surface area contributed by atoms with Gasteiger partial charge in [-0.1, -0.05) is 35.9 Å². The first-order valence-corrected chi connectivity index (χ1v) is 9.85. The van der Waals surface area contributed by atoms with Crippen LogP contribution in [0.4, 0.5) is 0 Å². The molecule has 0 fully saturated rings. The van der Waals surface area contributed by atoms with Crippen LogP contribution in [0.5, 0.6) is 0 Å². The van der Waals surface area contributed by atoms with Gasteiger partial charge < -0.3 is 9.88 Å². The number of nitrogens with zero attached hydrogens (tertiary/aromatic N) is 2. The Morgan fingerprint density at radius 1 is 1.07 bits per heavy atom. The van der Waals surface area contributed by atoms with Crippen molar-refractivity contribution < 1.29 is 9.59 Å². The smallest absolute Gasteiger partial charge is 0.279 e. The molecule has 5 nitrogen and oxygen atoms in total. The summed E-state index contributed by atoms with van der Waals surface area (Å²) < 4.78 is 2.00. The molecular weight excluding hydrogens is 370 g/mol. The van der Waals surface area contributed by atoms with Gasteiger partial charge in [0.2, 0.25) is 0 Å². The first-order valence-electron chi connectivity index (χ1n) is 9.03. The Morgan fingerprint density at radius 2 is 1.82 bits per heavy atom. The van der Waals surface area contributed by atoms with Crippen molar-refractivity contribution in [3.63, 3.8) is 0 Å². The number of rotatable bonds is 4. The van der Waals surface area contributed by atoms with E-state index in [1.165, 1.54) is 11.3 Å². The third-order valence-electron chi connectivity index (χ3n) is 4.67. The van der Waals surface area contributed by atoms with Crippen LogP contribution in [0, 0.1) is 20.8 Å². The molecule has 0 bridgehead atoms. The number of benzene rings is 2. The maximum atomic E-state index is 12.7. The molecule has 6 heteroatoms. The third kappa shape index (κ3) is 4.12. The highest BCUT2D eigenvalue weighted by molar-refractivity contribution is 7.09. The Labute approximate surface area is 168 Å². The lowest BCUT2D eigenvalue weighted by atomic mass is 10.1. The number of thiazole rings is 1. The van der Waals surface area contributed by atoms with E-state index in [0.29, 0.717) is 22.5 Å². The molecule has 2 aromatic carbocycles. The molecule has 1 aromatic heterocycles. The van der Waals surface area contributed by atoms with Gasteiger partial charge in [0.05, 0.1) is 6.54 Å². The van der Waals surface area contributed by atoms with Crippen LogP contribution in [0.2, 0.25) is 0 Å². The van der Waals surface area contributed by atoms with Crippen molar-refractivity contribution in [2.45, 2.75) is 27.3 Å². The van der Waals surface area contributed by atoms with Gasteiger partial charge in [-0.2, -0.15) is 4.99 Å². The molecule has 1 N–H and O–H groups in total. The van der Waals surface area contributed by atoms with Crippen LogP contribution in [0.3, 0.4) is 0 Å². The lowest BCUT2D eigenvalue weighted by Crippen LogP contribution is -2.23. The maximum Gasteiger partial charge on any atom is 0.279 e. The second-order valence-corrected chi connectivity index (χ2v) is 7.82. The first-order chi connectivity index (χ1) is 13.4. The lowest BCUT2D eigenvalue weighted by Gasteiger charge is -2.11. The summed E-state index contributed by atoms with van der Waals surface area (Å²) in [6, 6.07) is 14.9.